The standard InChI is InChI=1S/C30H34O6/c1-30(2)35-28-27(33-20-24-16-10-5-11-17-24)26(34-29(28)36-30)25(32-19-23-14-8-4-9-15-23)21-31-18-22-12-6-3-7-13-22/h3-17,25-29H,18-21H2,1-2H3/t25-,26?,27+,28-,29-/m1/s1. The molecule has 0 aromatic heterocycles. The predicted octanol–water partition coefficient (Wildman–Crippen LogP) is 5.25. The van der Waals surface area contributed by atoms with Crippen molar-refractivity contribution >= 4 is 0 Å². The highest BCUT2D eigenvalue weighted by Gasteiger charge is 2.57. The van der Waals surface area contributed by atoms with Crippen molar-refractivity contribution in [2.45, 2.75) is 70.2 Å². The highest BCUT2D eigenvalue weighted by Crippen LogP contribution is 2.40. The quantitative estimate of drug-likeness (QED) is 0.366. The molecule has 0 bridgehead atoms. The van der Waals surface area contributed by atoms with E-state index in [0.717, 1.165) is 16.7 Å². The number of hydrogen-bond donors (Lipinski definition) is 0. The van der Waals surface area contributed by atoms with Gasteiger partial charge in [0.1, 0.15) is 24.4 Å². The third-order valence-corrected chi connectivity index (χ3v) is 6.38. The van der Waals surface area contributed by atoms with E-state index in [1.165, 1.54) is 0 Å². The molecule has 0 radical (unpaired) electrons. The lowest BCUT2D eigenvalue weighted by atomic mass is 10.1. The van der Waals surface area contributed by atoms with Gasteiger partial charge >= 0.3 is 0 Å². The van der Waals surface area contributed by atoms with Crippen LogP contribution in [0.4, 0.5) is 0 Å². The van der Waals surface area contributed by atoms with Crippen molar-refractivity contribution in [1.82, 2.24) is 0 Å². The van der Waals surface area contributed by atoms with Gasteiger partial charge in [-0.25, -0.2) is 0 Å². The summed E-state index contributed by atoms with van der Waals surface area (Å²) < 4.78 is 37.6. The molecular formula is C30H34O6. The first-order valence-electron chi connectivity index (χ1n) is 12.5. The van der Waals surface area contributed by atoms with Gasteiger partial charge in [-0.15, -0.1) is 0 Å². The second-order valence-electron chi connectivity index (χ2n) is 9.67. The first kappa shape index (κ1) is 25.1. The van der Waals surface area contributed by atoms with Crippen LogP contribution in [-0.2, 0) is 48.2 Å². The Balaban J connectivity index is 1.32. The van der Waals surface area contributed by atoms with Crippen molar-refractivity contribution in [3.8, 4) is 0 Å². The molecule has 2 aliphatic heterocycles. The van der Waals surface area contributed by atoms with Crippen molar-refractivity contribution in [2.24, 2.45) is 0 Å². The summed E-state index contributed by atoms with van der Waals surface area (Å²) in [6, 6.07) is 30.3. The fourth-order valence-corrected chi connectivity index (χ4v) is 4.64. The van der Waals surface area contributed by atoms with Crippen LogP contribution in [0.15, 0.2) is 91.0 Å². The molecule has 6 heteroatoms. The molecule has 0 spiro atoms. The topological polar surface area (TPSA) is 55.4 Å². The van der Waals surface area contributed by atoms with E-state index in [4.69, 9.17) is 28.4 Å². The first-order valence-corrected chi connectivity index (χ1v) is 12.5. The maximum absolute atomic E-state index is 6.44. The first-order chi connectivity index (χ1) is 17.6. The molecule has 0 N–H and O–H groups in total. The SMILES string of the molecule is CC1(C)O[C@H]2OC([C@@H](COCc3ccccc3)OCc3ccccc3)[C@H](OCc3ccccc3)[C@H]2O1. The molecule has 1 unspecified atom stereocenters. The van der Waals surface area contributed by atoms with Crippen LogP contribution in [-0.4, -0.2) is 43.1 Å². The van der Waals surface area contributed by atoms with Crippen LogP contribution in [0.5, 0.6) is 0 Å². The zero-order valence-corrected chi connectivity index (χ0v) is 20.8. The third kappa shape index (κ3) is 6.40. The summed E-state index contributed by atoms with van der Waals surface area (Å²) in [4.78, 5) is 0. The summed E-state index contributed by atoms with van der Waals surface area (Å²) >= 11 is 0. The Kier molecular flexibility index (Phi) is 8.12. The summed E-state index contributed by atoms with van der Waals surface area (Å²) in [5, 5.41) is 0. The van der Waals surface area contributed by atoms with Crippen molar-refractivity contribution in [2.75, 3.05) is 6.61 Å². The number of hydrogen-bond acceptors (Lipinski definition) is 6. The highest BCUT2D eigenvalue weighted by atomic mass is 16.8. The van der Waals surface area contributed by atoms with E-state index in [9.17, 15) is 0 Å². The van der Waals surface area contributed by atoms with E-state index in [1.54, 1.807) is 0 Å². The smallest absolute Gasteiger partial charge is 0.190 e. The zero-order valence-electron chi connectivity index (χ0n) is 20.8. The van der Waals surface area contributed by atoms with Gasteiger partial charge in [-0.3, -0.25) is 0 Å². The largest absolute Gasteiger partial charge is 0.374 e. The van der Waals surface area contributed by atoms with Crippen LogP contribution in [0.1, 0.15) is 30.5 Å². The summed E-state index contributed by atoms with van der Waals surface area (Å²) in [6.45, 7) is 5.50. The Labute approximate surface area is 213 Å². The summed E-state index contributed by atoms with van der Waals surface area (Å²) in [5.41, 5.74) is 3.27. The average molecular weight is 491 g/mol. The van der Waals surface area contributed by atoms with Gasteiger partial charge < -0.3 is 28.4 Å². The molecule has 36 heavy (non-hydrogen) atoms. The van der Waals surface area contributed by atoms with Crippen LogP contribution < -0.4 is 0 Å². The van der Waals surface area contributed by atoms with E-state index in [2.05, 4.69) is 0 Å². The van der Waals surface area contributed by atoms with Gasteiger partial charge in [0, 0.05) is 0 Å². The minimum atomic E-state index is -0.737. The van der Waals surface area contributed by atoms with Gasteiger partial charge in [0.25, 0.3) is 0 Å². The molecule has 3 aromatic rings. The molecule has 3 aromatic carbocycles. The van der Waals surface area contributed by atoms with Crippen molar-refractivity contribution in [3.63, 3.8) is 0 Å². The molecular weight excluding hydrogens is 456 g/mol. The van der Waals surface area contributed by atoms with E-state index < -0.39 is 18.2 Å². The molecule has 5 rings (SSSR count). The van der Waals surface area contributed by atoms with Gasteiger partial charge in [-0.2, -0.15) is 0 Å². The van der Waals surface area contributed by atoms with Crippen LogP contribution in [0, 0.1) is 0 Å². The van der Waals surface area contributed by atoms with Crippen LogP contribution in [0.25, 0.3) is 0 Å². The summed E-state index contributed by atoms with van der Waals surface area (Å²) in [5.74, 6) is -0.737. The Hall–Kier alpha value is -2.58. The Bertz CT molecular complexity index is 1060. The van der Waals surface area contributed by atoms with Crippen molar-refractivity contribution in [3.05, 3.63) is 108 Å². The van der Waals surface area contributed by atoms with Gasteiger partial charge in [0.15, 0.2) is 12.1 Å². The number of rotatable bonds is 11. The lowest BCUT2D eigenvalue weighted by Crippen LogP contribution is -2.45. The molecule has 2 aliphatic rings. The third-order valence-electron chi connectivity index (χ3n) is 6.38. The number of fused-ring (bicyclic) bond motifs is 1. The van der Waals surface area contributed by atoms with Gasteiger partial charge in [-0.1, -0.05) is 91.0 Å². The van der Waals surface area contributed by atoms with Crippen molar-refractivity contribution in [1.29, 1.82) is 0 Å². The van der Waals surface area contributed by atoms with E-state index in [0.29, 0.717) is 26.4 Å². The molecule has 0 amide bonds. The second kappa shape index (κ2) is 11.6. The molecule has 5 atom stereocenters. The minimum absolute atomic E-state index is 0.348. The maximum Gasteiger partial charge on any atom is 0.190 e. The normalized spacial score (nSPS) is 25.5. The molecule has 2 fully saturated rings. The highest BCUT2D eigenvalue weighted by molar-refractivity contribution is 5.15. The Morgan fingerprint density at radius 2 is 1.28 bits per heavy atom. The van der Waals surface area contributed by atoms with Crippen LogP contribution in [0.2, 0.25) is 0 Å². The molecule has 0 aliphatic carbocycles. The van der Waals surface area contributed by atoms with E-state index in [1.807, 2.05) is 105 Å². The maximum atomic E-state index is 6.44. The lowest BCUT2D eigenvalue weighted by molar-refractivity contribution is -0.238. The molecule has 190 valence electrons. The minimum Gasteiger partial charge on any atom is -0.374 e. The Morgan fingerprint density at radius 1 is 0.722 bits per heavy atom. The molecule has 6 nitrogen and oxygen atoms in total. The monoisotopic (exact) mass is 490 g/mol. The Morgan fingerprint density at radius 3 is 1.89 bits per heavy atom. The molecule has 2 saturated heterocycles. The summed E-state index contributed by atoms with van der Waals surface area (Å²) in [7, 11) is 0. The molecule has 0 saturated carbocycles. The van der Waals surface area contributed by atoms with E-state index >= 15 is 0 Å². The van der Waals surface area contributed by atoms with Gasteiger partial charge in [0.2, 0.25) is 0 Å². The summed E-state index contributed by atoms with van der Waals surface area (Å²) in [6.07, 6.45) is -2.05. The second-order valence-corrected chi connectivity index (χ2v) is 9.67. The predicted molar refractivity (Wildman–Crippen MR) is 135 cm³/mol. The van der Waals surface area contributed by atoms with Gasteiger partial charge in [0.05, 0.1) is 26.4 Å². The number of benzene rings is 3. The fourth-order valence-electron chi connectivity index (χ4n) is 4.64. The van der Waals surface area contributed by atoms with E-state index in [-0.39, 0.29) is 18.3 Å². The fraction of sp³-hybridized carbons (Fsp3) is 0.400. The zero-order chi connectivity index (χ0) is 24.8. The number of ether oxygens (including phenoxy) is 6. The lowest BCUT2D eigenvalue weighted by Gasteiger charge is -2.31. The van der Waals surface area contributed by atoms with Crippen molar-refractivity contribution < 1.29 is 28.4 Å². The van der Waals surface area contributed by atoms with Crippen LogP contribution in [0.3, 0.4) is 0 Å². The van der Waals surface area contributed by atoms with Gasteiger partial charge in [-0.05, 0) is 30.5 Å². The molecule has 2 heterocycles. The average Bonchev–Trinajstić information content (AvgIpc) is 3.38. The van der Waals surface area contributed by atoms with Crippen LogP contribution >= 0.6 is 0 Å².